The van der Waals surface area contributed by atoms with Gasteiger partial charge in [0, 0.05) is 49.6 Å². The Balaban J connectivity index is 0.927. The number of hydrogen-bond donors (Lipinski definition) is 0. The van der Waals surface area contributed by atoms with Gasteiger partial charge in [-0.25, -0.2) is 15.0 Å². The molecule has 0 atom stereocenters. The van der Waals surface area contributed by atoms with Crippen molar-refractivity contribution in [3.63, 3.8) is 0 Å². The third-order valence-electron chi connectivity index (χ3n) is 18.6. The monoisotopic (exact) mass is 1250 g/mol. The van der Waals surface area contributed by atoms with Crippen LogP contribution in [0.4, 0.5) is 0 Å². The summed E-state index contributed by atoms with van der Waals surface area (Å²) in [7, 11) is 0. The molecule has 0 saturated carbocycles. The minimum absolute atomic E-state index is 0.420. The first-order chi connectivity index (χ1) is 48.4. The maximum absolute atomic E-state index is 10.4. The topological polar surface area (TPSA) is 120 Å². The summed E-state index contributed by atoms with van der Waals surface area (Å²) in [6, 6.07) is 120. The van der Waals surface area contributed by atoms with E-state index in [2.05, 4.69) is 246 Å². The highest BCUT2D eigenvalue weighted by atomic mass is 15.0. The lowest BCUT2D eigenvalue weighted by Gasteiger charge is -2.16. The molecule has 0 fully saturated rings. The summed E-state index contributed by atoms with van der Waals surface area (Å²) in [5.74, 6) is 1.28. The van der Waals surface area contributed by atoms with E-state index in [9.17, 15) is 15.8 Å². The molecule has 17 rings (SSSR count). The third-order valence-corrected chi connectivity index (χ3v) is 18.6. The SMILES string of the molecule is N#Cc1ccc(-c2cccc(-c3nc(-c4cc(-c5cccc(C#N)c5)cc(-n5c6ccc(-c7ccccc7)cc6c6cc(-c7ccccc7)ccc65)c4)nc(-c4cc(-c5cccc(C#N)c5)cc(-n5c6ccc(-c7ccccc7)cc6c6cc(-c7ccccc7)ccc65)c4)n3)c2)cc1. The summed E-state index contributed by atoms with van der Waals surface area (Å²) in [4.78, 5) is 16.7. The van der Waals surface area contributed by atoms with Gasteiger partial charge in [-0.05, 0) is 205 Å². The van der Waals surface area contributed by atoms with Crippen LogP contribution in [0, 0.1) is 34.0 Å². The summed E-state index contributed by atoms with van der Waals surface area (Å²) in [6.07, 6.45) is 0. The van der Waals surface area contributed by atoms with E-state index in [-0.39, 0.29) is 0 Å². The van der Waals surface area contributed by atoms with E-state index in [1.807, 2.05) is 109 Å². The van der Waals surface area contributed by atoms with Gasteiger partial charge in [-0.3, -0.25) is 0 Å². The van der Waals surface area contributed by atoms with Crippen molar-refractivity contribution in [2.45, 2.75) is 0 Å². The van der Waals surface area contributed by atoms with Gasteiger partial charge in [0.2, 0.25) is 0 Å². The van der Waals surface area contributed by atoms with Crippen LogP contribution in [-0.2, 0) is 0 Å². The van der Waals surface area contributed by atoms with E-state index in [4.69, 9.17) is 15.0 Å². The zero-order chi connectivity index (χ0) is 65.6. The average Bonchev–Trinajstić information content (AvgIpc) is 1.58. The lowest BCUT2D eigenvalue weighted by molar-refractivity contribution is 1.07. The Bertz CT molecular complexity index is 5610. The van der Waals surface area contributed by atoms with Crippen LogP contribution in [0.1, 0.15) is 16.7 Å². The highest BCUT2D eigenvalue weighted by molar-refractivity contribution is 6.13. The summed E-state index contributed by atoms with van der Waals surface area (Å²) in [5.41, 5.74) is 23.8. The molecule has 3 heterocycles. The van der Waals surface area contributed by atoms with Crippen molar-refractivity contribution in [1.82, 2.24) is 24.1 Å². The largest absolute Gasteiger partial charge is 0.309 e. The van der Waals surface area contributed by atoms with Crippen LogP contribution in [-0.4, -0.2) is 24.1 Å². The molecule has 0 aliphatic carbocycles. The van der Waals surface area contributed by atoms with Gasteiger partial charge in [-0.2, -0.15) is 15.8 Å². The summed E-state index contributed by atoms with van der Waals surface area (Å²) in [5, 5.41) is 34.9. The lowest BCUT2D eigenvalue weighted by Crippen LogP contribution is -2.03. The molecule has 0 amide bonds. The van der Waals surface area contributed by atoms with E-state index in [0.29, 0.717) is 45.3 Å². The number of fused-ring (bicyclic) bond motifs is 6. The van der Waals surface area contributed by atoms with E-state index in [1.54, 1.807) is 0 Å². The van der Waals surface area contributed by atoms with Gasteiger partial charge >= 0.3 is 0 Å². The average molecular weight is 1250 g/mol. The number of nitriles is 3. The molecule has 0 radical (unpaired) electrons. The molecule has 0 aliphatic rings. The highest BCUT2D eigenvalue weighted by Gasteiger charge is 2.23. The van der Waals surface area contributed by atoms with Gasteiger partial charge in [-0.1, -0.05) is 200 Å². The molecule has 8 heteroatoms. The Hall–Kier alpha value is -13.8. The Morgan fingerprint density at radius 2 is 0.459 bits per heavy atom. The second-order valence-corrected chi connectivity index (χ2v) is 24.6. The molecule has 14 aromatic carbocycles. The second kappa shape index (κ2) is 24.6. The third kappa shape index (κ3) is 10.8. The van der Waals surface area contributed by atoms with E-state index in [0.717, 1.165) is 138 Å². The van der Waals surface area contributed by atoms with Crippen molar-refractivity contribution in [2.75, 3.05) is 0 Å². The predicted octanol–water partition coefficient (Wildman–Crippen LogP) is 22.4. The second-order valence-electron chi connectivity index (χ2n) is 24.6. The quantitative estimate of drug-likeness (QED) is 0.120. The van der Waals surface area contributed by atoms with Crippen molar-refractivity contribution in [1.29, 1.82) is 15.8 Å². The summed E-state index contributed by atoms with van der Waals surface area (Å²) >= 11 is 0. The summed E-state index contributed by atoms with van der Waals surface area (Å²) in [6.45, 7) is 0. The zero-order valence-corrected chi connectivity index (χ0v) is 52.8. The first-order valence-electron chi connectivity index (χ1n) is 32.4. The van der Waals surface area contributed by atoms with Gasteiger partial charge in [0.15, 0.2) is 17.5 Å². The zero-order valence-electron chi connectivity index (χ0n) is 52.8. The molecule has 0 spiro atoms. The maximum atomic E-state index is 10.4. The fourth-order valence-corrected chi connectivity index (χ4v) is 13.8. The van der Waals surface area contributed by atoms with Gasteiger partial charge in [0.1, 0.15) is 0 Å². The summed E-state index contributed by atoms with van der Waals surface area (Å²) < 4.78 is 4.67. The fraction of sp³-hybridized carbons (Fsp3) is 0. The van der Waals surface area contributed by atoms with Crippen LogP contribution in [0.3, 0.4) is 0 Å². The Morgan fingerprint density at radius 1 is 0.194 bits per heavy atom. The van der Waals surface area contributed by atoms with Crippen molar-refractivity contribution in [2.24, 2.45) is 0 Å². The number of benzene rings is 14. The Kier molecular flexibility index (Phi) is 14.5. The molecule has 0 bridgehead atoms. The van der Waals surface area contributed by atoms with Gasteiger partial charge in [0.05, 0.1) is 57.0 Å². The highest BCUT2D eigenvalue weighted by Crippen LogP contribution is 2.43. The molecule has 0 unspecified atom stereocenters. The van der Waals surface area contributed by atoms with Crippen molar-refractivity contribution in [3.8, 4) is 142 Å². The number of rotatable bonds is 12. The Labute approximate surface area is 566 Å². The van der Waals surface area contributed by atoms with Crippen molar-refractivity contribution < 1.29 is 0 Å². The van der Waals surface area contributed by atoms with E-state index in [1.165, 1.54) is 0 Å². The minimum Gasteiger partial charge on any atom is -0.309 e. The number of nitrogens with zero attached hydrogens (tertiary/aromatic N) is 8. The minimum atomic E-state index is 0.420. The normalized spacial score (nSPS) is 11.2. The first kappa shape index (κ1) is 58.0. The standard InChI is InChI=1S/C90H54N8/c91-55-58-30-32-65(33-31-58)68-28-15-29-73(44-68)88-94-89(76-45-74(66-26-13-16-59(42-66)56-92)47-78(49-76)97-84-38-34-69(61-18-5-1-6-19-61)51-80(84)81-52-70(35-39-85(81)97)62-20-7-2-8-21-62)96-90(95-88)77-46-75(67-27-14-17-60(43-67)57-93)48-79(50-77)98-86-40-36-71(63-22-9-3-10-23-63)53-82(86)83-54-72(37-41-87(83)98)64-24-11-4-12-25-64/h1-54H. The number of aromatic nitrogens is 5. The fourth-order valence-electron chi connectivity index (χ4n) is 13.8. The molecule has 3 aromatic heterocycles. The van der Waals surface area contributed by atoms with Crippen LogP contribution in [0.2, 0.25) is 0 Å². The van der Waals surface area contributed by atoms with Gasteiger partial charge in [0.25, 0.3) is 0 Å². The first-order valence-corrected chi connectivity index (χ1v) is 32.4. The molecule has 0 aliphatic heterocycles. The smallest absolute Gasteiger partial charge is 0.164 e. The van der Waals surface area contributed by atoms with Crippen LogP contribution < -0.4 is 0 Å². The Morgan fingerprint density at radius 3 is 0.816 bits per heavy atom. The molecule has 8 nitrogen and oxygen atoms in total. The molecule has 0 saturated heterocycles. The molecule has 454 valence electrons. The van der Waals surface area contributed by atoms with Crippen LogP contribution in [0.15, 0.2) is 328 Å². The molecule has 98 heavy (non-hydrogen) atoms. The molecular formula is C90H54N8. The number of hydrogen-bond acceptors (Lipinski definition) is 6. The van der Waals surface area contributed by atoms with E-state index < -0.39 is 0 Å². The molecule has 17 aromatic rings. The molecular weight excluding hydrogens is 1190 g/mol. The lowest BCUT2D eigenvalue weighted by atomic mass is 9.99. The van der Waals surface area contributed by atoms with Crippen LogP contribution in [0.25, 0.3) is 167 Å². The van der Waals surface area contributed by atoms with Crippen LogP contribution >= 0.6 is 0 Å². The maximum Gasteiger partial charge on any atom is 0.164 e. The van der Waals surface area contributed by atoms with Crippen molar-refractivity contribution in [3.05, 3.63) is 344 Å². The van der Waals surface area contributed by atoms with E-state index >= 15 is 0 Å². The van der Waals surface area contributed by atoms with Gasteiger partial charge in [-0.15, -0.1) is 0 Å². The molecule has 0 N–H and O–H groups in total. The van der Waals surface area contributed by atoms with Crippen molar-refractivity contribution >= 4 is 43.6 Å². The predicted molar refractivity (Wildman–Crippen MR) is 397 cm³/mol. The van der Waals surface area contributed by atoms with Gasteiger partial charge < -0.3 is 9.13 Å². The van der Waals surface area contributed by atoms with Crippen LogP contribution in [0.5, 0.6) is 0 Å².